The summed E-state index contributed by atoms with van der Waals surface area (Å²) in [5.74, 6) is 0.978. The van der Waals surface area contributed by atoms with Crippen LogP contribution in [0.1, 0.15) is 64.9 Å². The number of thiazole rings is 1. The van der Waals surface area contributed by atoms with Gasteiger partial charge in [0.05, 0.1) is 11.8 Å². The van der Waals surface area contributed by atoms with Crippen LogP contribution in [0, 0.1) is 11.7 Å². The number of nitrogens with zero attached hydrogens (tertiary/aromatic N) is 6. The van der Waals surface area contributed by atoms with Gasteiger partial charge in [0.2, 0.25) is 0 Å². The van der Waals surface area contributed by atoms with E-state index < -0.39 is 6.43 Å². The average Bonchev–Trinajstić information content (AvgIpc) is 3.26. The van der Waals surface area contributed by atoms with Crippen LogP contribution in [0.3, 0.4) is 0 Å². The molecule has 1 saturated carbocycles. The number of Topliss-reactive ketones (excluding diaryl/α,β-unsaturated/α-hetero) is 1. The number of alkyl halides is 2. The minimum Gasteiger partial charge on any atom is -0.292 e. The summed E-state index contributed by atoms with van der Waals surface area (Å²) in [6.07, 6.45) is 2.29. The maximum atomic E-state index is 13.6. The van der Waals surface area contributed by atoms with Crippen LogP contribution in [0.15, 0.2) is 30.5 Å². The van der Waals surface area contributed by atoms with E-state index in [0.29, 0.717) is 45.5 Å². The van der Waals surface area contributed by atoms with E-state index in [4.69, 9.17) is 0 Å². The van der Waals surface area contributed by atoms with Crippen molar-refractivity contribution in [3.8, 4) is 22.0 Å². The van der Waals surface area contributed by atoms with Gasteiger partial charge in [-0.2, -0.15) is 10.2 Å². The van der Waals surface area contributed by atoms with Crippen LogP contribution in [0.25, 0.3) is 22.0 Å². The number of hydrogen-bond donors (Lipinski definition) is 0. The Morgan fingerprint density at radius 3 is 2.81 bits per heavy atom. The number of halogens is 3. The molecular formula is C25H23F3N6OS. The molecule has 1 aliphatic heterocycles. The molecule has 0 N–H and O–H groups in total. The van der Waals surface area contributed by atoms with Gasteiger partial charge in [-0.25, -0.2) is 27.8 Å². The second-order valence-electron chi connectivity index (χ2n) is 9.45. The summed E-state index contributed by atoms with van der Waals surface area (Å²) >= 11 is 1.25. The van der Waals surface area contributed by atoms with Crippen molar-refractivity contribution < 1.29 is 18.0 Å². The molecule has 36 heavy (non-hydrogen) atoms. The Morgan fingerprint density at radius 1 is 1.22 bits per heavy atom. The molecule has 1 aliphatic carbocycles. The Labute approximate surface area is 209 Å². The van der Waals surface area contributed by atoms with Crippen molar-refractivity contribution in [2.75, 3.05) is 0 Å². The highest BCUT2D eigenvalue weighted by molar-refractivity contribution is 7.15. The Bertz CT molecular complexity index is 1430. The molecule has 186 valence electrons. The van der Waals surface area contributed by atoms with Gasteiger partial charge < -0.3 is 0 Å². The molecule has 1 unspecified atom stereocenters. The Balaban J connectivity index is 1.22. The van der Waals surface area contributed by atoms with Crippen LogP contribution < -0.4 is 0 Å². The van der Waals surface area contributed by atoms with Crippen LogP contribution in [-0.4, -0.2) is 35.3 Å². The number of aryl methyl sites for hydroxylation is 2. The van der Waals surface area contributed by atoms with Gasteiger partial charge in [0.15, 0.2) is 11.6 Å². The first-order valence-electron chi connectivity index (χ1n) is 11.9. The molecule has 11 heteroatoms. The minimum absolute atomic E-state index is 0.0484. The summed E-state index contributed by atoms with van der Waals surface area (Å²) in [7, 11) is 1.68. The molecule has 1 aromatic carbocycles. The molecule has 0 radical (unpaired) electrons. The van der Waals surface area contributed by atoms with Gasteiger partial charge in [-0.3, -0.25) is 9.48 Å². The fraction of sp³-hybridized carbons (Fsp3) is 0.400. The smallest absolute Gasteiger partial charge is 0.281 e. The van der Waals surface area contributed by atoms with E-state index in [1.165, 1.54) is 28.2 Å². The third kappa shape index (κ3) is 4.25. The van der Waals surface area contributed by atoms with Gasteiger partial charge in [-0.1, -0.05) is 12.1 Å². The monoisotopic (exact) mass is 512 g/mol. The number of rotatable bonds is 7. The summed E-state index contributed by atoms with van der Waals surface area (Å²) in [5.41, 5.74) is 1.34. The quantitative estimate of drug-likeness (QED) is 0.302. The van der Waals surface area contributed by atoms with E-state index in [1.54, 1.807) is 25.4 Å². The molecule has 4 heterocycles. The predicted molar refractivity (Wildman–Crippen MR) is 127 cm³/mol. The number of aromatic nitrogens is 6. The first-order chi connectivity index (χ1) is 17.4. The van der Waals surface area contributed by atoms with Crippen molar-refractivity contribution in [1.82, 2.24) is 29.5 Å². The zero-order valence-corrected chi connectivity index (χ0v) is 20.3. The number of ketones is 1. The molecular weight excluding hydrogens is 489 g/mol. The normalized spacial score (nSPS) is 17.5. The second kappa shape index (κ2) is 8.95. The first kappa shape index (κ1) is 23.1. The van der Waals surface area contributed by atoms with Crippen LogP contribution >= 0.6 is 11.3 Å². The van der Waals surface area contributed by atoms with Crippen molar-refractivity contribution in [2.45, 2.75) is 51.0 Å². The van der Waals surface area contributed by atoms with Crippen molar-refractivity contribution in [2.24, 2.45) is 13.0 Å². The highest BCUT2D eigenvalue weighted by Crippen LogP contribution is 2.48. The van der Waals surface area contributed by atoms with Gasteiger partial charge in [-0.15, -0.1) is 11.3 Å². The number of benzene rings is 1. The lowest BCUT2D eigenvalue weighted by molar-refractivity contribution is 0.0944. The Hall–Kier alpha value is -3.34. The topological polar surface area (TPSA) is 78.5 Å². The summed E-state index contributed by atoms with van der Waals surface area (Å²) in [4.78, 5) is 22.9. The van der Waals surface area contributed by atoms with E-state index in [-0.39, 0.29) is 35.6 Å². The van der Waals surface area contributed by atoms with Crippen LogP contribution in [0.5, 0.6) is 0 Å². The van der Waals surface area contributed by atoms with Gasteiger partial charge in [0.1, 0.15) is 28.0 Å². The highest BCUT2D eigenvalue weighted by atomic mass is 32.1. The van der Waals surface area contributed by atoms with Crippen LogP contribution in [0.2, 0.25) is 0 Å². The highest BCUT2D eigenvalue weighted by Gasteiger charge is 2.34. The van der Waals surface area contributed by atoms with Gasteiger partial charge >= 0.3 is 0 Å². The molecule has 3 aromatic heterocycles. The van der Waals surface area contributed by atoms with Crippen LogP contribution in [0.4, 0.5) is 13.2 Å². The molecule has 2 aliphatic rings. The lowest BCUT2D eigenvalue weighted by atomic mass is 9.91. The van der Waals surface area contributed by atoms with E-state index >= 15 is 0 Å². The molecule has 0 saturated heterocycles. The molecule has 4 aromatic rings. The lowest BCUT2D eigenvalue weighted by Crippen LogP contribution is -2.23. The van der Waals surface area contributed by atoms with E-state index in [1.807, 2.05) is 4.68 Å². The van der Waals surface area contributed by atoms with Crippen LogP contribution in [-0.2, 0) is 20.0 Å². The Morgan fingerprint density at radius 2 is 2.06 bits per heavy atom. The van der Waals surface area contributed by atoms with Gasteiger partial charge in [-0.05, 0) is 43.2 Å². The minimum atomic E-state index is -2.64. The summed E-state index contributed by atoms with van der Waals surface area (Å²) in [5, 5.41) is 9.18. The van der Waals surface area contributed by atoms with E-state index in [9.17, 15) is 18.0 Å². The first-order valence-corrected chi connectivity index (χ1v) is 12.7. The molecule has 7 nitrogen and oxygen atoms in total. The van der Waals surface area contributed by atoms with Gasteiger partial charge in [0.25, 0.3) is 6.43 Å². The Kier molecular flexibility index (Phi) is 5.74. The molecule has 0 bridgehead atoms. The molecule has 0 amide bonds. The number of hydrogen-bond acceptors (Lipinski definition) is 6. The predicted octanol–water partition coefficient (Wildman–Crippen LogP) is 5.59. The standard InChI is InChI=1S/C25H23F3N6OS/c1-33-21(17(12-29-33)25-31-20(23(27)28)22(36-25)14-5-6-14)18(35)9-13-7-8-34-19(10-13)30-24(32-34)15-3-2-4-16(26)11-15/h2-4,11-14,23H,5-10H2,1H3. The zero-order chi connectivity index (χ0) is 25.0. The molecule has 1 atom stereocenters. The van der Waals surface area contributed by atoms with E-state index in [0.717, 1.165) is 25.1 Å². The largest absolute Gasteiger partial charge is 0.292 e. The average molecular weight is 513 g/mol. The van der Waals surface area contributed by atoms with Crippen molar-refractivity contribution >= 4 is 17.1 Å². The van der Waals surface area contributed by atoms with Gasteiger partial charge in [0, 0.05) is 36.9 Å². The summed E-state index contributed by atoms with van der Waals surface area (Å²) < 4.78 is 44.1. The SMILES string of the molecule is Cn1ncc(-c2nc(C(F)F)c(C3CC3)s2)c1C(=O)CC1CCn2nc(-c3cccc(F)c3)nc2C1. The molecule has 6 rings (SSSR count). The third-order valence-electron chi connectivity index (χ3n) is 6.79. The second-order valence-corrected chi connectivity index (χ2v) is 10.5. The van der Waals surface area contributed by atoms with Crippen molar-refractivity contribution in [3.05, 3.63) is 58.4 Å². The lowest BCUT2D eigenvalue weighted by Gasteiger charge is -2.21. The number of fused-ring (bicyclic) bond motifs is 1. The maximum Gasteiger partial charge on any atom is 0.281 e. The fourth-order valence-electron chi connectivity index (χ4n) is 4.83. The summed E-state index contributed by atoms with van der Waals surface area (Å²) in [6.45, 7) is 0.614. The van der Waals surface area contributed by atoms with Crippen molar-refractivity contribution in [3.63, 3.8) is 0 Å². The fourth-order valence-corrected chi connectivity index (χ4v) is 6.08. The third-order valence-corrected chi connectivity index (χ3v) is 8.06. The van der Waals surface area contributed by atoms with E-state index in [2.05, 4.69) is 20.2 Å². The number of carbonyl (C=O) groups excluding carboxylic acids is 1. The number of carbonyl (C=O) groups is 1. The van der Waals surface area contributed by atoms with Crippen molar-refractivity contribution in [1.29, 1.82) is 0 Å². The molecule has 1 fully saturated rings. The zero-order valence-electron chi connectivity index (χ0n) is 19.5. The maximum absolute atomic E-state index is 13.6. The summed E-state index contributed by atoms with van der Waals surface area (Å²) in [6, 6.07) is 6.17. The molecule has 0 spiro atoms.